The molecule has 0 aromatic heterocycles. The molecule has 0 heterocycles. The van der Waals surface area contributed by atoms with E-state index in [0.29, 0.717) is 12.8 Å². The van der Waals surface area contributed by atoms with Crippen molar-refractivity contribution in [3.05, 3.63) is 47.6 Å². The fraction of sp³-hybridized carbons (Fsp3) is 0.333. The number of carbonyl (C=O) groups is 4. The van der Waals surface area contributed by atoms with Crippen molar-refractivity contribution in [2.45, 2.75) is 26.7 Å². The number of ketones is 2. The second kappa shape index (κ2) is 10.1. The van der Waals surface area contributed by atoms with E-state index < -0.39 is 23.5 Å². The summed E-state index contributed by atoms with van der Waals surface area (Å²) in [5.74, 6) is -2.02. The molecular weight excluding hydrogens is 312 g/mol. The highest BCUT2D eigenvalue weighted by Gasteiger charge is 2.17. The third-order valence-electron chi connectivity index (χ3n) is 2.84. The Labute approximate surface area is 140 Å². The summed E-state index contributed by atoms with van der Waals surface area (Å²) >= 11 is 0. The Morgan fingerprint density at radius 3 is 1.54 bits per heavy atom. The van der Waals surface area contributed by atoms with Crippen molar-refractivity contribution in [1.82, 2.24) is 0 Å². The zero-order chi connectivity index (χ0) is 17.9. The first-order valence-corrected chi connectivity index (χ1v) is 7.69. The molecule has 0 radical (unpaired) electrons. The molecule has 0 aliphatic heterocycles. The van der Waals surface area contributed by atoms with Crippen LogP contribution in [0.15, 0.2) is 47.6 Å². The Morgan fingerprint density at radius 1 is 0.833 bits per heavy atom. The van der Waals surface area contributed by atoms with Crippen LogP contribution in [0.3, 0.4) is 0 Å². The number of rotatable bonds is 8. The lowest BCUT2D eigenvalue weighted by Gasteiger charge is -2.06. The molecule has 0 saturated heterocycles. The van der Waals surface area contributed by atoms with E-state index in [1.807, 2.05) is 13.8 Å². The molecule has 0 N–H and O–H groups in total. The van der Waals surface area contributed by atoms with Crippen LogP contribution in [-0.4, -0.2) is 36.7 Å². The summed E-state index contributed by atoms with van der Waals surface area (Å²) in [6.07, 6.45) is 8.30. The van der Waals surface area contributed by atoms with Gasteiger partial charge in [-0.15, -0.1) is 0 Å². The Bertz CT molecular complexity index is 578. The number of allylic oxidation sites excluding steroid dienone is 6. The number of esters is 2. The van der Waals surface area contributed by atoms with Crippen LogP contribution >= 0.6 is 0 Å². The van der Waals surface area contributed by atoms with Gasteiger partial charge in [-0.1, -0.05) is 13.8 Å². The summed E-state index contributed by atoms with van der Waals surface area (Å²) in [7, 11) is 0. The molecular formula is C18H20O6. The Hall–Kier alpha value is -2.76. The first kappa shape index (κ1) is 19.3. The Balaban J connectivity index is 2.70. The van der Waals surface area contributed by atoms with Gasteiger partial charge in [0.2, 0.25) is 0 Å². The number of ether oxygens (including phenoxy) is 2. The van der Waals surface area contributed by atoms with E-state index in [-0.39, 0.29) is 24.4 Å². The first-order chi connectivity index (χ1) is 11.5. The summed E-state index contributed by atoms with van der Waals surface area (Å²) in [5.41, 5.74) is 0.165. The van der Waals surface area contributed by atoms with Crippen molar-refractivity contribution in [3.8, 4) is 0 Å². The van der Waals surface area contributed by atoms with Crippen LogP contribution in [0.5, 0.6) is 0 Å². The van der Waals surface area contributed by atoms with E-state index in [1.165, 1.54) is 12.2 Å². The Kier molecular flexibility index (Phi) is 8.11. The van der Waals surface area contributed by atoms with Gasteiger partial charge in [0.1, 0.15) is 0 Å². The lowest BCUT2D eigenvalue weighted by atomic mass is 9.96. The monoisotopic (exact) mass is 332 g/mol. The molecule has 24 heavy (non-hydrogen) atoms. The van der Waals surface area contributed by atoms with E-state index in [4.69, 9.17) is 9.47 Å². The SMILES string of the molecule is CCCOC(=O)/C=C/C1=CC(=O)C(/C=C/C(=O)OCCC)=CC1=O. The molecule has 1 rings (SSSR count). The molecule has 0 amide bonds. The quantitative estimate of drug-likeness (QED) is 0.384. The van der Waals surface area contributed by atoms with Crippen LogP contribution in [0.4, 0.5) is 0 Å². The predicted octanol–water partition coefficient (Wildman–Crippen LogP) is 2.01. The maximum atomic E-state index is 11.9. The fourth-order valence-electron chi connectivity index (χ4n) is 1.67. The highest BCUT2D eigenvalue weighted by Crippen LogP contribution is 2.14. The van der Waals surface area contributed by atoms with Gasteiger partial charge in [-0.05, 0) is 37.1 Å². The van der Waals surface area contributed by atoms with Crippen LogP contribution in [0.25, 0.3) is 0 Å². The van der Waals surface area contributed by atoms with Crippen LogP contribution in [0, 0.1) is 0 Å². The summed E-state index contributed by atoms with van der Waals surface area (Å²) in [4.78, 5) is 46.6. The van der Waals surface area contributed by atoms with Gasteiger partial charge in [-0.2, -0.15) is 0 Å². The minimum atomic E-state index is -0.577. The first-order valence-electron chi connectivity index (χ1n) is 7.69. The smallest absolute Gasteiger partial charge is 0.330 e. The molecule has 6 heteroatoms. The third-order valence-corrected chi connectivity index (χ3v) is 2.84. The molecule has 0 spiro atoms. The van der Waals surface area contributed by atoms with Gasteiger partial charge in [0.25, 0.3) is 0 Å². The largest absolute Gasteiger partial charge is 0.463 e. The topological polar surface area (TPSA) is 86.7 Å². The predicted molar refractivity (Wildman–Crippen MR) is 87.0 cm³/mol. The standard InChI is InChI=1S/C18H20O6/c1-3-9-23-17(21)7-5-13-11-16(20)14(12-15(13)19)6-8-18(22)24-10-4-2/h5-8,11-12H,3-4,9-10H2,1-2H3/b7-5+,8-6+. The number of hydrogen-bond donors (Lipinski definition) is 0. The fourth-order valence-corrected chi connectivity index (χ4v) is 1.67. The van der Waals surface area contributed by atoms with E-state index in [9.17, 15) is 19.2 Å². The normalized spacial score (nSPS) is 14.8. The van der Waals surface area contributed by atoms with Crippen LogP contribution in [0.2, 0.25) is 0 Å². The van der Waals surface area contributed by atoms with Crippen molar-refractivity contribution < 1.29 is 28.7 Å². The molecule has 1 aliphatic rings. The molecule has 1 aliphatic carbocycles. The van der Waals surface area contributed by atoms with E-state index >= 15 is 0 Å². The molecule has 0 atom stereocenters. The molecule has 0 bridgehead atoms. The van der Waals surface area contributed by atoms with Gasteiger partial charge in [0.15, 0.2) is 11.6 Å². The van der Waals surface area contributed by atoms with E-state index in [1.54, 1.807) is 0 Å². The molecule has 0 unspecified atom stereocenters. The van der Waals surface area contributed by atoms with Gasteiger partial charge in [-0.3, -0.25) is 9.59 Å². The molecule has 0 aromatic carbocycles. The lowest BCUT2D eigenvalue weighted by Crippen LogP contribution is -2.12. The van der Waals surface area contributed by atoms with Crippen molar-refractivity contribution >= 4 is 23.5 Å². The summed E-state index contributed by atoms with van der Waals surface area (Å²) < 4.78 is 9.67. The molecule has 0 fully saturated rings. The van der Waals surface area contributed by atoms with Crippen LogP contribution in [-0.2, 0) is 28.7 Å². The minimum Gasteiger partial charge on any atom is -0.463 e. The average Bonchev–Trinajstić information content (AvgIpc) is 2.57. The van der Waals surface area contributed by atoms with Crippen molar-refractivity contribution in [3.63, 3.8) is 0 Å². The van der Waals surface area contributed by atoms with Crippen LogP contribution in [0.1, 0.15) is 26.7 Å². The van der Waals surface area contributed by atoms with Crippen molar-refractivity contribution in [2.24, 2.45) is 0 Å². The maximum absolute atomic E-state index is 11.9. The van der Waals surface area contributed by atoms with Crippen molar-refractivity contribution in [2.75, 3.05) is 13.2 Å². The lowest BCUT2D eigenvalue weighted by molar-refractivity contribution is -0.138. The molecule has 128 valence electrons. The van der Waals surface area contributed by atoms with Crippen LogP contribution < -0.4 is 0 Å². The Morgan fingerprint density at radius 2 is 1.21 bits per heavy atom. The third kappa shape index (κ3) is 6.56. The van der Waals surface area contributed by atoms with Gasteiger partial charge < -0.3 is 9.47 Å². The summed E-state index contributed by atoms with van der Waals surface area (Å²) in [6.45, 7) is 4.30. The maximum Gasteiger partial charge on any atom is 0.330 e. The van der Waals surface area contributed by atoms with Gasteiger partial charge in [0, 0.05) is 23.3 Å². The highest BCUT2D eigenvalue weighted by molar-refractivity contribution is 6.22. The summed E-state index contributed by atoms with van der Waals surface area (Å²) in [6, 6.07) is 0. The zero-order valence-corrected chi connectivity index (χ0v) is 13.7. The molecule has 0 aromatic rings. The van der Waals surface area contributed by atoms with Gasteiger partial charge >= 0.3 is 11.9 Å². The highest BCUT2D eigenvalue weighted by atomic mass is 16.5. The average molecular weight is 332 g/mol. The number of hydrogen-bond acceptors (Lipinski definition) is 6. The van der Waals surface area contributed by atoms with E-state index in [2.05, 4.69) is 0 Å². The second-order valence-electron chi connectivity index (χ2n) is 4.93. The second-order valence-corrected chi connectivity index (χ2v) is 4.93. The minimum absolute atomic E-state index is 0.0826. The van der Waals surface area contributed by atoms with Gasteiger partial charge in [-0.25, -0.2) is 9.59 Å². The number of carbonyl (C=O) groups excluding carboxylic acids is 4. The van der Waals surface area contributed by atoms with Crippen molar-refractivity contribution in [1.29, 1.82) is 0 Å². The molecule has 0 saturated carbocycles. The summed E-state index contributed by atoms with van der Waals surface area (Å²) in [5, 5.41) is 0. The van der Waals surface area contributed by atoms with Gasteiger partial charge in [0.05, 0.1) is 13.2 Å². The van der Waals surface area contributed by atoms with E-state index in [0.717, 1.165) is 24.3 Å². The molecule has 6 nitrogen and oxygen atoms in total. The zero-order valence-electron chi connectivity index (χ0n) is 13.7.